The van der Waals surface area contributed by atoms with Crippen LogP contribution < -0.4 is 5.48 Å². The summed E-state index contributed by atoms with van der Waals surface area (Å²) in [5.74, 6) is 0.491. The van der Waals surface area contributed by atoms with Crippen molar-refractivity contribution in [3.63, 3.8) is 0 Å². The quantitative estimate of drug-likeness (QED) is 0.600. The first kappa shape index (κ1) is 14.3. The molecule has 1 aliphatic heterocycles. The SMILES string of the molecule is CCN1CC[C@]2(CCC3C=C(C(=O)NO)C=CC3C2)C1=O. The minimum absolute atomic E-state index is 0.175. The van der Waals surface area contributed by atoms with Gasteiger partial charge >= 0.3 is 0 Å². The Hall–Kier alpha value is -1.62. The standard InChI is InChI=1S/C16H22N2O3/c1-2-18-8-7-16(15(18)20)6-5-11-9-12(14(19)17-21)3-4-13(11)10-16/h3-4,9,11,13,21H,2,5-8,10H2,1H3,(H,17,19)/t11?,13?,16-/m0/s1. The molecule has 2 unspecified atom stereocenters. The third-order valence-electron chi connectivity index (χ3n) is 5.40. The van der Waals surface area contributed by atoms with Crippen LogP contribution >= 0.6 is 0 Å². The van der Waals surface area contributed by atoms with Crippen LogP contribution in [0.25, 0.3) is 0 Å². The van der Waals surface area contributed by atoms with Gasteiger partial charge in [0.15, 0.2) is 0 Å². The molecule has 5 heteroatoms. The van der Waals surface area contributed by atoms with Crippen molar-refractivity contribution in [2.24, 2.45) is 17.3 Å². The first-order valence-corrected chi connectivity index (χ1v) is 7.73. The monoisotopic (exact) mass is 290 g/mol. The van der Waals surface area contributed by atoms with Crippen molar-refractivity contribution in [2.45, 2.75) is 32.6 Å². The maximum atomic E-state index is 12.6. The highest BCUT2D eigenvalue weighted by atomic mass is 16.5. The van der Waals surface area contributed by atoms with Gasteiger partial charge in [0.05, 0.1) is 5.41 Å². The number of carbonyl (C=O) groups is 2. The number of likely N-dealkylation sites (tertiary alicyclic amines) is 1. The van der Waals surface area contributed by atoms with Crippen molar-refractivity contribution in [3.8, 4) is 0 Å². The van der Waals surface area contributed by atoms with Crippen LogP contribution in [0.3, 0.4) is 0 Å². The summed E-state index contributed by atoms with van der Waals surface area (Å²) < 4.78 is 0. The summed E-state index contributed by atoms with van der Waals surface area (Å²) in [6.07, 6.45) is 9.43. The van der Waals surface area contributed by atoms with Crippen LogP contribution in [0.5, 0.6) is 0 Å². The number of hydrogen-bond acceptors (Lipinski definition) is 3. The third kappa shape index (κ3) is 2.29. The van der Waals surface area contributed by atoms with Crippen molar-refractivity contribution < 1.29 is 14.8 Å². The topological polar surface area (TPSA) is 69.6 Å². The largest absolute Gasteiger partial charge is 0.342 e. The number of hydrogen-bond donors (Lipinski definition) is 2. The number of nitrogens with one attached hydrogen (secondary N) is 1. The molecular formula is C16H22N2O3. The normalized spacial score (nSPS) is 34.9. The Bertz CT molecular complexity index is 526. The second kappa shape index (κ2) is 5.30. The van der Waals surface area contributed by atoms with E-state index in [9.17, 15) is 9.59 Å². The Morgan fingerprint density at radius 3 is 2.95 bits per heavy atom. The van der Waals surface area contributed by atoms with E-state index < -0.39 is 5.91 Å². The zero-order chi connectivity index (χ0) is 15.0. The summed E-state index contributed by atoms with van der Waals surface area (Å²) in [7, 11) is 0. The van der Waals surface area contributed by atoms with Gasteiger partial charge in [0.25, 0.3) is 5.91 Å². The molecule has 0 aromatic heterocycles. The lowest BCUT2D eigenvalue weighted by Gasteiger charge is -2.40. The molecule has 1 saturated heterocycles. The Balaban J connectivity index is 1.75. The average molecular weight is 290 g/mol. The molecular weight excluding hydrogens is 268 g/mol. The second-order valence-corrected chi connectivity index (χ2v) is 6.41. The lowest BCUT2D eigenvalue weighted by Crippen LogP contribution is -2.40. The van der Waals surface area contributed by atoms with E-state index in [0.29, 0.717) is 23.3 Å². The van der Waals surface area contributed by atoms with Gasteiger partial charge in [0.2, 0.25) is 5.91 Å². The zero-order valence-corrected chi connectivity index (χ0v) is 12.3. The van der Waals surface area contributed by atoms with E-state index in [-0.39, 0.29) is 5.41 Å². The number of fused-ring (bicyclic) bond motifs is 1. The van der Waals surface area contributed by atoms with Crippen molar-refractivity contribution in [3.05, 3.63) is 23.8 Å². The van der Waals surface area contributed by atoms with E-state index >= 15 is 0 Å². The minimum Gasteiger partial charge on any atom is -0.342 e. The summed E-state index contributed by atoms with van der Waals surface area (Å²) in [6.45, 7) is 3.71. The minimum atomic E-state index is -0.459. The fraction of sp³-hybridized carbons (Fsp3) is 0.625. The van der Waals surface area contributed by atoms with Crippen LogP contribution in [0.15, 0.2) is 23.8 Å². The molecule has 3 aliphatic rings. The maximum Gasteiger partial charge on any atom is 0.274 e. The van der Waals surface area contributed by atoms with E-state index in [1.165, 1.54) is 0 Å². The molecule has 0 aromatic carbocycles. The van der Waals surface area contributed by atoms with Gasteiger partial charge in [0.1, 0.15) is 0 Å². The van der Waals surface area contributed by atoms with Gasteiger partial charge in [-0.3, -0.25) is 14.8 Å². The van der Waals surface area contributed by atoms with E-state index in [2.05, 4.69) is 0 Å². The van der Waals surface area contributed by atoms with Gasteiger partial charge in [0, 0.05) is 18.7 Å². The fourth-order valence-corrected chi connectivity index (χ4v) is 4.12. The molecule has 0 bridgehead atoms. The number of nitrogens with zero attached hydrogens (tertiary/aromatic N) is 1. The van der Waals surface area contributed by atoms with E-state index in [1.54, 1.807) is 11.6 Å². The molecule has 1 heterocycles. The number of hydroxylamine groups is 1. The van der Waals surface area contributed by atoms with Crippen LogP contribution in [0.4, 0.5) is 0 Å². The van der Waals surface area contributed by atoms with Crippen LogP contribution in [-0.4, -0.2) is 35.0 Å². The molecule has 3 rings (SSSR count). The highest BCUT2D eigenvalue weighted by Gasteiger charge is 2.50. The zero-order valence-electron chi connectivity index (χ0n) is 12.3. The van der Waals surface area contributed by atoms with Gasteiger partial charge in [-0.15, -0.1) is 0 Å². The van der Waals surface area contributed by atoms with Gasteiger partial charge in [-0.05, 0) is 44.4 Å². The Morgan fingerprint density at radius 2 is 2.29 bits per heavy atom. The van der Waals surface area contributed by atoms with Crippen molar-refractivity contribution in [2.75, 3.05) is 13.1 Å². The maximum absolute atomic E-state index is 12.6. The lowest BCUT2D eigenvalue weighted by atomic mass is 9.63. The predicted molar refractivity (Wildman–Crippen MR) is 77.3 cm³/mol. The van der Waals surface area contributed by atoms with Crippen LogP contribution in [0.2, 0.25) is 0 Å². The molecule has 2 N–H and O–H groups in total. The molecule has 21 heavy (non-hydrogen) atoms. The summed E-state index contributed by atoms with van der Waals surface area (Å²) in [4.78, 5) is 26.0. The number of allylic oxidation sites excluding steroid dienone is 2. The highest BCUT2D eigenvalue weighted by molar-refractivity contribution is 5.95. The van der Waals surface area contributed by atoms with Gasteiger partial charge < -0.3 is 4.90 Å². The predicted octanol–water partition coefficient (Wildman–Crippen LogP) is 1.64. The Kier molecular flexibility index (Phi) is 3.61. The van der Waals surface area contributed by atoms with Crippen LogP contribution in [0.1, 0.15) is 32.6 Å². The second-order valence-electron chi connectivity index (χ2n) is 6.41. The summed E-state index contributed by atoms with van der Waals surface area (Å²) in [5.41, 5.74) is 2.02. The molecule has 1 saturated carbocycles. The molecule has 3 atom stereocenters. The van der Waals surface area contributed by atoms with Crippen LogP contribution in [-0.2, 0) is 9.59 Å². The smallest absolute Gasteiger partial charge is 0.274 e. The Labute approximate surface area is 124 Å². The van der Waals surface area contributed by atoms with Crippen molar-refractivity contribution in [1.29, 1.82) is 0 Å². The number of rotatable bonds is 2. The fourth-order valence-electron chi connectivity index (χ4n) is 4.12. The molecule has 5 nitrogen and oxygen atoms in total. The molecule has 2 aliphatic carbocycles. The summed E-state index contributed by atoms with van der Waals surface area (Å²) in [5, 5.41) is 8.72. The van der Waals surface area contributed by atoms with Gasteiger partial charge in [-0.25, -0.2) is 5.48 Å². The highest BCUT2D eigenvalue weighted by Crippen LogP contribution is 2.50. The molecule has 0 aromatic rings. The van der Waals surface area contributed by atoms with Crippen molar-refractivity contribution in [1.82, 2.24) is 10.4 Å². The van der Waals surface area contributed by atoms with Crippen LogP contribution in [0, 0.1) is 17.3 Å². The molecule has 114 valence electrons. The first-order valence-electron chi connectivity index (χ1n) is 7.73. The Morgan fingerprint density at radius 1 is 1.48 bits per heavy atom. The number of carbonyl (C=O) groups excluding carboxylic acids is 2. The molecule has 1 spiro atoms. The van der Waals surface area contributed by atoms with Gasteiger partial charge in [-0.1, -0.05) is 18.2 Å². The van der Waals surface area contributed by atoms with Gasteiger partial charge in [-0.2, -0.15) is 0 Å². The van der Waals surface area contributed by atoms with E-state index in [0.717, 1.165) is 38.8 Å². The lowest BCUT2D eigenvalue weighted by molar-refractivity contribution is -0.138. The average Bonchev–Trinajstić information content (AvgIpc) is 2.82. The molecule has 0 radical (unpaired) electrons. The summed E-state index contributed by atoms with van der Waals surface area (Å²) >= 11 is 0. The van der Waals surface area contributed by atoms with Crippen molar-refractivity contribution >= 4 is 11.8 Å². The third-order valence-corrected chi connectivity index (χ3v) is 5.40. The molecule has 2 fully saturated rings. The molecule has 2 amide bonds. The number of amides is 2. The first-order chi connectivity index (χ1) is 10.1. The summed E-state index contributed by atoms with van der Waals surface area (Å²) in [6, 6.07) is 0. The van der Waals surface area contributed by atoms with E-state index in [4.69, 9.17) is 5.21 Å². The van der Waals surface area contributed by atoms with E-state index in [1.807, 2.05) is 24.0 Å².